The van der Waals surface area contributed by atoms with Gasteiger partial charge in [0, 0.05) is 0 Å². The first-order valence-corrected chi connectivity index (χ1v) is 5.96. The SMILES string of the molecule is COc1ccc(-c2cccc(OC)c2C)cc1C. The molecule has 0 heterocycles. The molecule has 0 unspecified atom stereocenters. The molecule has 18 heavy (non-hydrogen) atoms. The zero-order chi connectivity index (χ0) is 13.1. The molecule has 0 aliphatic heterocycles. The molecule has 0 radical (unpaired) electrons. The monoisotopic (exact) mass is 242 g/mol. The molecular formula is C16H18O2. The van der Waals surface area contributed by atoms with Crippen molar-refractivity contribution in [2.75, 3.05) is 14.2 Å². The third-order valence-corrected chi connectivity index (χ3v) is 3.21. The van der Waals surface area contributed by atoms with Crippen LogP contribution in [0.2, 0.25) is 0 Å². The fraction of sp³-hybridized carbons (Fsp3) is 0.250. The molecule has 0 N–H and O–H groups in total. The maximum atomic E-state index is 5.36. The van der Waals surface area contributed by atoms with Gasteiger partial charge in [-0.2, -0.15) is 0 Å². The number of aryl methyl sites for hydroxylation is 1. The average molecular weight is 242 g/mol. The fourth-order valence-electron chi connectivity index (χ4n) is 2.19. The molecule has 0 saturated heterocycles. The van der Waals surface area contributed by atoms with Gasteiger partial charge >= 0.3 is 0 Å². The molecule has 2 aromatic rings. The van der Waals surface area contributed by atoms with Gasteiger partial charge in [-0.3, -0.25) is 0 Å². The highest BCUT2D eigenvalue weighted by molar-refractivity contribution is 5.71. The fourth-order valence-corrected chi connectivity index (χ4v) is 2.19. The lowest BCUT2D eigenvalue weighted by molar-refractivity contribution is 0.411. The third kappa shape index (κ3) is 2.19. The van der Waals surface area contributed by atoms with Gasteiger partial charge in [-0.25, -0.2) is 0 Å². The summed E-state index contributed by atoms with van der Waals surface area (Å²) in [5, 5.41) is 0. The van der Waals surface area contributed by atoms with Crippen molar-refractivity contribution in [3.8, 4) is 22.6 Å². The van der Waals surface area contributed by atoms with Crippen LogP contribution < -0.4 is 9.47 Å². The predicted molar refractivity (Wildman–Crippen MR) is 74.5 cm³/mol. The van der Waals surface area contributed by atoms with Gasteiger partial charge < -0.3 is 9.47 Å². The summed E-state index contributed by atoms with van der Waals surface area (Å²) in [5.41, 5.74) is 4.67. The Kier molecular flexibility index (Phi) is 3.56. The van der Waals surface area contributed by atoms with Gasteiger partial charge in [-0.1, -0.05) is 18.2 Å². The number of ether oxygens (including phenoxy) is 2. The minimum Gasteiger partial charge on any atom is -0.496 e. The van der Waals surface area contributed by atoms with Gasteiger partial charge in [0.05, 0.1) is 14.2 Å². The first-order chi connectivity index (χ1) is 8.67. The van der Waals surface area contributed by atoms with E-state index in [9.17, 15) is 0 Å². The van der Waals surface area contributed by atoms with Crippen molar-refractivity contribution in [1.29, 1.82) is 0 Å². The molecule has 0 aromatic heterocycles. The summed E-state index contributed by atoms with van der Waals surface area (Å²) in [6.07, 6.45) is 0. The van der Waals surface area contributed by atoms with Crippen molar-refractivity contribution < 1.29 is 9.47 Å². The Morgan fingerprint density at radius 1 is 0.833 bits per heavy atom. The largest absolute Gasteiger partial charge is 0.496 e. The molecule has 2 nitrogen and oxygen atoms in total. The van der Waals surface area contributed by atoms with E-state index in [0.29, 0.717) is 0 Å². The van der Waals surface area contributed by atoms with E-state index in [1.54, 1.807) is 14.2 Å². The second-order valence-electron chi connectivity index (χ2n) is 4.32. The number of rotatable bonds is 3. The molecule has 0 saturated carbocycles. The smallest absolute Gasteiger partial charge is 0.122 e. The zero-order valence-corrected chi connectivity index (χ0v) is 11.3. The van der Waals surface area contributed by atoms with Crippen LogP contribution in [0.1, 0.15) is 11.1 Å². The molecule has 0 amide bonds. The summed E-state index contributed by atoms with van der Waals surface area (Å²) in [5.74, 6) is 1.83. The van der Waals surface area contributed by atoms with Crippen molar-refractivity contribution in [3.05, 3.63) is 47.5 Å². The molecular weight excluding hydrogens is 224 g/mol. The van der Waals surface area contributed by atoms with Gasteiger partial charge in [0.25, 0.3) is 0 Å². The highest BCUT2D eigenvalue weighted by atomic mass is 16.5. The van der Waals surface area contributed by atoms with E-state index in [1.165, 1.54) is 11.1 Å². The molecule has 0 aliphatic rings. The first kappa shape index (κ1) is 12.5. The van der Waals surface area contributed by atoms with Gasteiger partial charge in [0.1, 0.15) is 11.5 Å². The van der Waals surface area contributed by atoms with Gasteiger partial charge in [-0.05, 0) is 54.3 Å². The average Bonchev–Trinajstić information content (AvgIpc) is 2.39. The Labute approximate surface area is 108 Å². The van der Waals surface area contributed by atoms with Crippen molar-refractivity contribution >= 4 is 0 Å². The summed E-state index contributed by atoms with van der Waals surface area (Å²) >= 11 is 0. The zero-order valence-electron chi connectivity index (χ0n) is 11.3. The Morgan fingerprint density at radius 2 is 1.56 bits per heavy atom. The van der Waals surface area contributed by atoms with Gasteiger partial charge in [0.2, 0.25) is 0 Å². The summed E-state index contributed by atoms with van der Waals surface area (Å²) in [6, 6.07) is 12.3. The standard InChI is InChI=1S/C16H18O2/c1-11-10-13(8-9-15(11)17-3)14-6-5-7-16(18-4)12(14)2/h5-10H,1-4H3. The quantitative estimate of drug-likeness (QED) is 0.810. The third-order valence-electron chi connectivity index (χ3n) is 3.21. The number of hydrogen-bond acceptors (Lipinski definition) is 2. The van der Waals surface area contributed by atoms with E-state index in [4.69, 9.17) is 9.47 Å². The normalized spacial score (nSPS) is 10.2. The molecule has 0 bridgehead atoms. The van der Waals surface area contributed by atoms with Crippen LogP contribution >= 0.6 is 0 Å². The molecule has 0 fully saturated rings. The highest BCUT2D eigenvalue weighted by Crippen LogP contribution is 2.32. The Bertz CT molecular complexity index is 559. The van der Waals surface area contributed by atoms with Crippen LogP contribution in [0.5, 0.6) is 11.5 Å². The summed E-state index contributed by atoms with van der Waals surface area (Å²) < 4.78 is 10.6. The number of benzene rings is 2. The van der Waals surface area contributed by atoms with Crippen LogP contribution in [-0.2, 0) is 0 Å². The molecule has 2 aromatic carbocycles. The predicted octanol–water partition coefficient (Wildman–Crippen LogP) is 3.99. The topological polar surface area (TPSA) is 18.5 Å². The van der Waals surface area contributed by atoms with Crippen LogP contribution in [0.15, 0.2) is 36.4 Å². The summed E-state index contributed by atoms with van der Waals surface area (Å²) in [6.45, 7) is 4.13. The van der Waals surface area contributed by atoms with E-state index in [0.717, 1.165) is 22.6 Å². The second kappa shape index (κ2) is 5.13. The maximum absolute atomic E-state index is 5.36. The molecule has 0 spiro atoms. The van der Waals surface area contributed by atoms with Crippen LogP contribution in [0.4, 0.5) is 0 Å². The lowest BCUT2D eigenvalue weighted by atomic mass is 9.98. The van der Waals surface area contributed by atoms with Crippen LogP contribution in [-0.4, -0.2) is 14.2 Å². The Hall–Kier alpha value is -1.96. The maximum Gasteiger partial charge on any atom is 0.122 e. The minimum absolute atomic E-state index is 0.916. The number of hydrogen-bond donors (Lipinski definition) is 0. The Morgan fingerprint density at radius 3 is 2.17 bits per heavy atom. The molecule has 94 valence electrons. The van der Waals surface area contributed by atoms with E-state index < -0.39 is 0 Å². The summed E-state index contributed by atoms with van der Waals surface area (Å²) in [4.78, 5) is 0. The van der Waals surface area contributed by atoms with E-state index >= 15 is 0 Å². The van der Waals surface area contributed by atoms with E-state index in [2.05, 4.69) is 32.0 Å². The van der Waals surface area contributed by atoms with Crippen LogP contribution in [0.25, 0.3) is 11.1 Å². The van der Waals surface area contributed by atoms with Crippen molar-refractivity contribution in [2.45, 2.75) is 13.8 Å². The van der Waals surface area contributed by atoms with Crippen LogP contribution in [0.3, 0.4) is 0 Å². The minimum atomic E-state index is 0.916. The lowest BCUT2D eigenvalue weighted by Gasteiger charge is -2.12. The lowest BCUT2D eigenvalue weighted by Crippen LogP contribution is -1.92. The van der Waals surface area contributed by atoms with Crippen molar-refractivity contribution in [3.63, 3.8) is 0 Å². The number of methoxy groups -OCH3 is 2. The first-order valence-electron chi connectivity index (χ1n) is 5.96. The van der Waals surface area contributed by atoms with Crippen molar-refractivity contribution in [1.82, 2.24) is 0 Å². The second-order valence-corrected chi connectivity index (χ2v) is 4.32. The highest BCUT2D eigenvalue weighted by Gasteiger charge is 2.08. The molecule has 0 atom stereocenters. The van der Waals surface area contributed by atoms with Gasteiger partial charge in [0.15, 0.2) is 0 Å². The molecule has 0 aliphatic carbocycles. The van der Waals surface area contributed by atoms with Crippen LogP contribution in [0, 0.1) is 13.8 Å². The van der Waals surface area contributed by atoms with Gasteiger partial charge in [-0.15, -0.1) is 0 Å². The van der Waals surface area contributed by atoms with E-state index in [-0.39, 0.29) is 0 Å². The molecule has 2 heteroatoms. The van der Waals surface area contributed by atoms with Crippen molar-refractivity contribution in [2.24, 2.45) is 0 Å². The molecule has 2 rings (SSSR count). The van der Waals surface area contributed by atoms with E-state index in [1.807, 2.05) is 18.2 Å². The summed E-state index contributed by atoms with van der Waals surface area (Å²) in [7, 11) is 3.39. The Balaban J connectivity index is 2.52.